The van der Waals surface area contributed by atoms with Crippen molar-refractivity contribution in [2.45, 2.75) is 13.1 Å². The molecule has 2 aromatic carbocycles. The lowest BCUT2D eigenvalue weighted by Crippen LogP contribution is -2.30. The summed E-state index contributed by atoms with van der Waals surface area (Å²) in [6, 6.07) is 13.7. The smallest absolute Gasteiger partial charge is 0.246 e. The minimum absolute atomic E-state index is 0.0324. The number of nitrogens with zero attached hydrogens (tertiary/aromatic N) is 5. The van der Waals surface area contributed by atoms with E-state index in [2.05, 4.69) is 31.3 Å². The maximum Gasteiger partial charge on any atom is 0.246 e. The lowest BCUT2D eigenvalue weighted by molar-refractivity contribution is -0.131. The molecule has 1 amide bonds. The maximum atomic E-state index is 13.3. The third-order valence-corrected chi connectivity index (χ3v) is 4.10. The van der Waals surface area contributed by atoms with E-state index in [0.717, 1.165) is 10.0 Å². The average molecular weight is 404 g/mol. The first-order chi connectivity index (χ1) is 12.0. The molecule has 3 rings (SSSR count). The molecule has 0 saturated carbocycles. The zero-order chi connectivity index (χ0) is 17.8. The minimum Gasteiger partial charge on any atom is -0.340 e. The standard InChI is InChI=1S/C17H15BrFN5O/c1-23(10-12-5-7-14(18)8-6-12)16(25)11-24-21-17(20-22-24)13-3-2-4-15(19)9-13/h2-9H,10-11H2,1H3. The van der Waals surface area contributed by atoms with Crippen molar-refractivity contribution in [3.05, 3.63) is 64.4 Å². The Kier molecular flexibility index (Phi) is 5.18. The van der Waals surface area contributed by atoms with Crippen LogP contribution in [0.25, 0.3) is 11.4 Å². The van der Waals surface area contributed by atoms with E-state index in [1.54, 1.807) is 24.1 Å². The SMILES string of the molecule is CN(Cc1ccc(Br)cc1)C(=O)Cn1nnc(-c2cccc(F)c2)n1. The van der Waals surface area contributed by atoms with Crippen molar-refractivity contribution in [3.8, 4) is 11.4 Å². The van der Waals surface area contributed by atoms with Gasteiger partial charge in [-0.1, -0.05) is 40.2 Å². The summed E-state index contributed by atoms with van der Waals surface area (Å²) in [6.07, 6.45) is 0. The summed E-state index contributed by atoms with van der Waals surface area (Å²) in [7, 11) is 1.72. The highest BCUT2D eigenvalue weighted by Crippen LogP contribution is 2.15. The normalized spacial score (nSPS) is 10.7. The number of carbonyl (C=O) groups excluding carboxylic acids is 1. The molecule has 128 valence electrons. The molecule has 1 heterocycles. The Morgan fingerprint density at radius 1 is 1.24 bits per heavy atom. The Bertz CT molecular complexity index is 881. The molecular formula is C17H15BrFN5O. The molecule has 1 aromatic heterocycles. The molecule has 25 heavy (non-hydrogen) atoms. The van der Waals surface area contributed by atoms with E-state index >= 15 is 0 Å². The van der Waals surface area contributed by atoms with Crippen LogP contribution in [0.1, 0.15) is 5.56 Å². The van der Waals surface area contributed by atoms with Crippen LogP contribution in [-0.2, 0) is 17.9 Å². The van der Waals surface area contributed by atoms with Crippen LogP contribution < -0.4 is 0 Å². The van der Waals surface area contributed by atoms with Gasteiger partial charge in [0.1, 0.15) is 12.4 Å². The number of halogens is 2. The number of carbonyl (C=O) groups is 1. The minimum atomic E-state index is -0.376. The van der Waals surface area contributed by atoms with E-state index in [9.17, 15) is 9.18 Å². The molecule has 0 radical (unpaired) electrons. The van der Waals surface area contributed by atoms with Gasteiger partial charge in [-0.05, 0) is 35.0 Å². The molecule has 0 N–H and O–H groups in total. The summed E-state index contributed by atoms with van der Waals surface area (Å²) in [4.78, 5) is 15.1. The van der Waals surface area contributed by atoms with E-state index in [1.807, 2.05) is 24.3 Å². The molecule has 0 bridgehead atoms. The molecule has 3 aromatic rings. The second-order valence-electron chi connectivity index (χ2n) is 5.53. The van der Waals surface area contributed by atoms with Gasteiger partial charge < -0.3 is 4.90 Å². The van der Waals surface area contributed by atoms with Gasteiger partial charge in [-0.15, -0.1) is 10.2 Å². The van der Waals surface area contributed by atoms with E-state index in [0.29, 0.717) is 12.1 Å². The van der Waals surface area contributed by atoms with Crippen molar-refractivity contribution in [1.82, 2.24) is 25.1 Å². The van der Waals surface area contributed by atoms with Gasteiger partial charge in [-0.3, -0.25) is 4.79 Å². The summed E-state index contributed by atoms with van der Waals surface area (Å²) in [5, 5.41) is 11.9. The zero-order valence-corrected chi connectivity index (χ0v) is 15.0. The summed E-state index contributed by atoms with van der Waals surface area (Å²) < 4.78 is 14.2. The maximum absolute atomic E-state index is 13.3. The van der Waals surface area contributed by atoms with Crippen molar-refractivity contribution in [2.75, 3.05) is 7.05 Å². The molecule has 0 fully saturated rings. The monoisotopic (exact) mass is 403 g/mol. The highest BCUT2D eigenvalue weighted by Gasteiger charge is 2.13. The van der Waals surface area contributed by atoms with Crippen molar-refractivity contribution in [3.63, 3.8) is 0 Å². The number of hydrogen-bond acceptors (Lipinski definition) is 4. The van der Waals surface area contributed by atoms with Crippen LogP contribution in [0.4, 0.5) is 4.39 Å². The molecule has 0 saturated heterocycles. The van der Waals surface area contributed by atoms with Gasteiger partial charge in [0.05, 0.1) is 0 Å². The van der Waals surface area contributed by atoms with Crippen LogP contribution >= 0.6 is 15.9 Å². The number of tetrazole rings is 1. The first-order valence-electron chi connectivity index (χ1n) is 7.53. The lowest BCUT2D eigenvalue weighted by atomic mass is 10.2. The van der Waals surface area contributed by atoms with Crippen LogP contribution in [0.3, 0.4) is 0 Å². The first-order valence-corrected chi connectivity index (χ1v) is 8.33. The van der Waals surface area contributed by atoms with Gasteiger partial charge in [-0.25, -0.2) is 4.39 Å². The number of benzene rings is 2. The van der Waals surface area contributed by atoms with Crippen molar-refractivity contribution >= 4 is 21.8 Å². The summed E-state index contributed by atoms with van der Waals surface area (Å²) in [5.74, 6) is -0.242. The van der Waals surface area contributed by atoms with Gasteiger partial charge in [0.25, 0.3) is 0 Å². The van der Waals surface area contributed by atoms with Gasteiger partial charge in [0.15, 0.2) is 0 Å². The number of hydrogen-bond donors (Lipinski definition) is 0. The van der Waals surface area contributed by atoms with Gasteiger partial charge in [0, 0.05) is 23.6 Å². The van der Waals surface area contributed by atoms with E-state index in [4.69, 9.17) is 0 Å². The molecular weight excluding hydrogens is 389 g/mol. The fourth-order valence-corrected chi connectivity index (χ4v) is 2.51. The van der Waals surface area contributed by atoms with Crippen molar-refractivity contribution in [1.29, 1.82) is 0 Å². The van der Waals surface area contributed by atoms with E-state index < -0.39 is 0 Å². The van der Waals surface area contributed by atoms with Crippen molar-refractivity contribution < 1.29 is 9.18 Å². The van der Waals surface area contributed by atoms with E-state index in [-0.39, 0.29) is 24.1 Å². The third-order valence-electron chi connectivity index (χ3n) is 3.57. The molecule has 8 heteroatoms. The number of rotatable bonds is 5. The highest BCUT2D eigenvalue weighted by molar-refractivity contribution is 9.10. The Hall–Kier alpha value is -2.61. The predicted octanol–water partition coefficient (Wildman–Crippen LogP) is 2.90. The molecule has 0 unspecified atom stereocenters. The summed E-state index contributed by atoms with van der Waals surface area (Å²) >= 11 is 3.38. The molecule has 6 nitrogen and oxygen atoms in total. The third kappa shape index (κ3) is 4.48. The van der Waals surface area contributed by atoms with Gasteiger partial charge >= 0.3 is 0 Å². The Labute approximate surface area is 152 Å². The van der Waals surface area contributed by atoms with E-state index in [1.165, 1.54) is 16.9 Å². The summed E-state index contributed by atoms with van der Waals surface area (Å²) in [5.41, 5.74) is 1.54. The van der Waals surface area contributed by atoms with Crippen LogP contribution in [0, 0.1) is 5.82 Å². The molecule has 0 aliphatic heterocycles. The van der Waals surface area contributed by atoms with Gasteiger partial charge in [-0.2, -0.15) is 4.80 Å². The average Bonchev–Trinajstić information content (AvgIpc) is 3.05. The number of likely N-dealkylation sites (N-methyl/N-ethyl adjacent to an activating group) is 1. The molecule has 0 atom stereocenters. The van der Waals surface area contributed by atoms with Crippen molar-refractivity contribution in [2.24, 2.45) is 0 Å². The topological polar surface area (TPSA) is 63.9 Å². The number of amides is 1. The highest BCUT2D eigenvalue weighted by atomic mass is 79.9. The second-order valence-corrected chi connectivity index (χ2v) is 6.45. The largest absolute Gasteiger partial charge is 0.340 e. The fraction of sp³-hybridized carbons (Fsp3) is 0.176. The van der Waals surface area contributed by atoms with Crippen LogP contribution in [-0.4, -0.2) is 38.1 Å². The van der Waals surface area contributed by atoms with Gasteiger partial charge in [0.2, 0.25) is 11.7 Å². The lowest BCUT2D eigenvalue weighted by Gasteiger charge is -2.16. The first kappa shape index (κ1) is 17.2. The second kappa shape index (κ2) is 7.52. The Balaban J connectivity index is 1.64. The quantitative estimate of drug-likeness (QED) is 0.656. The molecule has 0 spiro atoms. The van der Waals surface area contributed by atoms with Crippen LogP contribution in [0.15, 0.2) is 53.0 Å². The molecule has 0 aliphatic rings. The Morgan fingerprint density at radius 3 is 2.72 bits per heavy atom. The molecule has 0 aliphatic carbocycles. The summed E-state index contributed by atoms with van der Waals surface area (Å²) in [6.45, 7) is 0.451. The predicted molar refractivity (Wildman–Crippen MR) is 93.8 cm³/mol. The number of aromatic nitrogens is 4. The fourth-order valence-electron chi connectivity index (χ4n) is 2.25. The van der Waals surface area contributed by atoms with Crippen LogP contribution in [0.2, 0.25) is 0 Å². The zero-order valence-electron chi connectivity index (χ0n) is 13.4. The Morgan fingerprint density at radius 2 is 2.00 bits per heavy atom. The van der Waals surface area contributed by atoms with Crippen LogP contribution in [0.5, 0.6) is 0 Å².